The maximum absolute atomic E-state index is 15.2. The average Bonchev–Trinajstić information content (AvgIpc) is 3.36. The van der Waals surface area contributed by atoms with Crippen molar-refractivity contribution < 1.29 is 41.4 Å². The Balaban J connectivity index is 1.27. The molecule has 5 rings (SSSR count). The van der Waals surface area contributed by atoms with E-state index in [0.29, 0.717) is 61.4 Å². The monoisotopic (exact) mass is 592 g/mol. The van der Waals surface area contributed by atoms with Crippen LogP contribution in [0.1, 0.15) is 67.3 Å². The molecular formula is C29H32F4N4O5. The summed E-state index contributed by atoms with van der Waals surface area (Å²) < 4.78 is 67.8. The molecule has 13 heteroatoms. The first-order valence-electron chi connectivity index (χ1n) is 13.7. The molecule has 0 aliphatic carbocycles. The van der Waals surface area contributed by atoms with Crippen molar-refractivity contribution in [1.82, 2.24) is 19.8 Å². The summed E-state index contributed by atoms with van der Waals surface area (Å²) in [5, 5.41) is 0.619. The second-order valence-electron chi connectivity index (χ2n) is 11.4. The number of hydrogen-bond donors (Lipinski definition) is 1. The molecule has 0 saturated carbocycles. The van der Waals surface area contributed by atoms with Gasteiger partial charge in [-0.3, -0.25) is 4.79 Å². The van der Waals surface area contributed by atoms with E-state index in [9.17, 15) is 22.8 Å². The highest BCUT2D eigenvalue weighted by Crippen LogP contribution is 2.37. The van der Waals surface area contributed by atoms with Crippen LogP contribution in [0.3, 0.4) is 0 Å². The van der Waals surface area contributed by atoms with Crippen molar-refractivity contribution in [1.29, 1.82) is 0 Å². The molecule has 9 nitrogen and oxygen atoms in total. The number of amides is 2. The smallest absolute Gasteiger partial charge is 0.444 e. The van der Waals surface area contributed by atoms with Crippen LogP contribution in [-0.4, -0.2) is 76.5 Å². The third-order valence-corrected chi connectivity index (χ3v) is 7.26. The highest BCUT2D eigenvalue weighted by atomic mass is 19.4. The highest BCUT2D eigenvalue weighted by Gasteiger charge is 2.33. The largest absolute Gasteiger partial charge is 0.573 e. The summed E-state index contributed by atoms with van der Waals surface area (Å²) in [4.78, 5) is 36.2. The van der Waals surface area contributed by atoms with Crippen LogP contribution in [0, 0.1) is 5.82 Å². The number of likely N-dealkylation sites (tertiary alicyclic amines) is 1. The molecule has 0 bridgehead atoms. The van der Waals surface area contributed by atoms with E-state index in [1.54, 1.807) is 30.6 Å². The van der Waals surface area contributed by atoms with Gasteiger partial charge in [0.15, 0.2) is 0 Å². The number of carbonyl (C=O) groups excluding carboxylic acids is 2. The summed E-state index contributed by atoms with van der Waals surface area (Å²) in [7, 11) is 0. The summed E-state index contributed by atoms with van der Waals surface area (Å²) in [6, 6.07) is 6.60. The first kappa shape index (κ1) is 29.6. The number of H-pyrrole nitrogens is 1. The zero-order valence-electron chi connectivity index (χ0n) is 23.5. The number of carbonyl (C=O) groups is 2. The molecule has 226 valence electrons. The first-order chi connectivity index (χ1) is 19.8. The fourth-order valence-electron chi connectivity index (χ4n) is 5.36. The molecule has 1 atom stereocenters. The van der Waals surface area contributed by atoms with Crippen LogP contribution in [0.2, 0.25) is 0 Å². The maximum atomic E-state index is 15.2. The van der Waals surface area contributed by atoms with Gasteiger partial charge >= 0.3 is 12.5 Å². The Hall–Kier alpha value is -3.87. The summed E-state index contributed by atoms with van der Waals surface area (Å²) in [6.07, 6.45) is -3.55. The Morgan fingerprint density at radius 2 is 1.74 bits per heavy atom. The number of nitrogens with one attached hydrogen (secondary N) is 1. The number of rotatable bonds is 4. The van der Waals surface area contributed by atoms with Gasteiger partial charge in [0.05, 0.1) is 19.3 Å². The fourth-order valence-corrected chi connectivity index (χ4v) is 5.36. The van der Waals surface area contributed by atoms with Crippen molar-refractivity contribution in [2.75, 3.05) is 32.8 Å². The summed E-state index contributed by atoms with van der Waals surface area (Å²) in [6.45, 7) is 7.09. The molecule has 1 aromatic carbocycles. The van der Waals surface area contributed by atoms with Gasteiger partial charge in [-0.2, -0.15) is 0 Å². The topological polar surface area (TPSA) is 97.0 Å². The van der Waals surface area contributed by atoms with Gasteiger partial charge in [-0.15, -0.1) is 13.2 Å². The normalized spacial score (nSPS) is 18.8. The van der Waals surface area contributed by atoms with Crippen LogP contribution in [0.15, 0.2) is 36.5 Å². The van der Waals surface area contributed by atoms with Crippen molar-refractivity contribution in [3.8, 4) is 5.75 Å². The molecule has 0 radical (unpaired) electrons. The number of piperidine rings is 1. The zero-order chi connectivity index (χ0) is 30.2. The number of fused-ring (bicyclic) bond motifs is 1. The van der Waals surface area contributed by atoms with E-state index in [2.05, 4.69) is 14.7 Å². The lowest BCUT2D eigenvalue weighted by Gasteiger charge is -2.33. The Kier molecular flexibility index (Phi) is 8.06. The lowest BCUT2D eigenvalue weighted by molar-refractivity contribution is -0.274. The molecule has 42 heavy (non-hydrogen) atoms. The van der Waals surface area contributed by atoms with Gasteiger partial charge in [-0.25, -0.2) is 14.2 Å². The number of hydrogen-bond acceptors (Lipinski definition) is 6. The van der Waals surface area contributed by atoms with Crippen LogP contribution < -0.4 is 4.74 Å². The number of nitrogens with zero attached hydrogens (tertiary/aromatic N) is 3. The lowest BCUT2D eigenvalue weighted by Crippen LogP contribution is -2.44. The van der Waals surface area contributed by atoms with Gasteiger partial charge in [0.1, 0.15) is 28.9 Å². The van der Waals surface area contributed by atoms with Crippen LogP contribution in [0.5, 0.6) is 5.75 Å². The number of morpholine rings is 1. The van der Waals surface area contributed by atoms with Gasteiger partial charge in [-0.05, 0) is 69.9 Å². The van der Waals surface area contributed by atoms with Gasteiger partial charge in [0, 0.05) is 41.8 Å². The third kappa shape index (κ3) is 6.77. The third-order valence-electron chi connectivity index (χ3n) is 7.26. The summed E-state index contributed by atoms with van der Waals surface area (Å²) in [5.41, 5.74) is 1.28. The molecule has 2 aromatic heterocycles. The number of aromatic nitrogens is 2. The van der Waals surface area contributed by atoms with Gasteiger partial charge < -0.3 is 29.0 Å². The Bertz CT molecular complexity index is 1440. The van der Waals surface area contributed by atoms with Gasteiger partial charge in [0.25, 0.3) is 5.91 Å². The van der Waals surface area contributed by atoms with E-state index in [-0.39, 0.29) is 23.9 Å². The SMILES string of the molecule is CC(C)(C)OC(=O)N1CCO[C@H](c2cc3c(C4CCN(C(=O)c5ccc(OC(F)(F)F)cc5)CC4)c(F)cnc3[nH]2)C1. The molecule has 0 spiro atoms. The Morgan fingerprint density at radius 1 is 1.05 bits per heavy atom. The second kappa shape index (κ2) is 11.4. The molecule has 2 aliphatic heterocycles. The summed E-state index contributed by atoms with van der Waals surface area (Å²) in [5.74, 6) is -1.36. The quantitative estimate of drug-likeness (QED) is 0.378. The number of aromatic amines is 1. The van der Waals surface area contributed by atoms with Gasteiger partial charge in [0.2, 0.25) is 0 Å². The van der Waals surface area contributed by atoms with E-state index in [1.807, 2.05) is 6.07 Å². The molecule has 2 aliphatic rings. The number of alkyl halides is 3. The molecular weight excluding hydrogens is 560 g/mol. The van der Waals surface area contributed by atoms with Crippen molar-refractivity contribution in [2.24, 2.45) is 0 Å². The van der Waals surface area contributed by atoms with E-state index in [4.69, 9.17) is 9.47 Å². The van der Waals surface area contributed by atoms with Crippen LogP contribution in [-0.2, 0) is 9.47 Å². The first-order valence-corrected chi connectivity index (χ1v) is 13.7. The predicted molar refractivity (Wildman–Crippen MR) is 144 cm³/mol. The average molecular weight is 593 g/mol. The van der Waals surface area contributed by atoms with E-state index < -0.39 is 35.7 Å². The Labute approximate surface area is 239 Å². The molecule has 2 amide bonds. The standard InChI is InChI=1S/C29H32F4N4O5/c1-28(2,3)42-27(39)37-12-13-40-23(16-37)22-14-20-24(21(30)15-34-25(20)35-22)17-8-10-36(11-9-17)26(38)18-4-6-19(7-5-18)41-29(31,32)33/h4-7,14-15,17,23H,8-13,16H2,1-3H3,(H,34,35)/t23-/m0/s1. The molecule has 4 heterocycles. The number of ether oxygens (including phenoxy) is 3. The molecule has 0 unspecified atom stereocenters. The lowest BCUT2D eigenvalue weighted by atomic mass is 9.87. The van der Waals surface area contributed by atoms with Crippen molar-refractivity contribution in [3.05, 3.63) is 59.2 Å². The van der Waals surface area contributed by atoms with Crippen molar-refractivity contribution >= 4 is 23.0 Å². The minimum atomic E-state index is -4.81. The minimum Gasteiger partial charge on any atom is -0.444 e. The van der Waals surface area contributed by atoms with Crippen molar-refractivity contribution in [2.45, 2.75) is 57.6 Å². The van der Waals surface area contributed by atoms with Gasteiger partial charge in [-0.1, -0.05) is 0 Å². The fraction of sp³-hybridized carbons (Fsp3) is 0.483. The predicted octanol–water partition coefficient (Wildman–Crippen LogP) is 5.93. The van der Waals surface area contributed by atoms with Crippen LogP contribution >= 0.6 is 0 Å². The number of pyridine rings is 1. The van der Waals surface area contributed by atoms with E-state index >= 15 is 4.39 Å². The zero-order valence-corrected chi connectivity index (χ0v) is 23.5. The molecule has 2 fully saturated rings. The second-order valence-corrected chi connectivity index (χ2v) is 11.4. The Morgan fingerprint density at radius 3 is 2.38 bits per heavy atom. The van der Waals surface area contributed by atoms with Crippen LogP contribution in [0.4, 0.5) is 22.4 Å². The minimum absolute atomic E-state index is 0.184. The molecule has 1 N–H and O–H groups in total. The molecule has 3 aromatic rings. The maximum Gasteiger partial charge on any atom is 0.573 e. The molecule has 2 saturated heterocycles. The highest BCUT2D eigenvalue weighted by molar-refractivity contribution is 5.94. The van der Waals surface area contributed by atoms with Crippen LogP contribution in [0.25, 0.3) is 11.0 Å². The summed E-state index contributed by atoms with van der Waals surface area (Å²) >= 11 is 0. The van der Waals surface area contributed by atoms with E-state index in [1.165, 1.54) is 18.3 Å². The van der Waals surface area contributed by atoms with E-state index in [0.717, 1.165) is 12.1 Å². The number of benzene rings is 1. The number of halogens is 4. The van der Waals surface area contributed by atoms with Crippen molar-refractivity contribution in [3.63, 3.8) is 0 Å².